The van der Waals surface area contributed by atoms with Gasteiger partial charge in [0.05, 0.1) is 6.54 Å². The molecule has 0 bridgehead atoms. The van der Waals surface area contributed by atoms with Crippen molar-refractivity contribution in [1.29, 1.82) is 0 Å². The number of hydrogen-bond acceptors (Lipinski definition) is 2. The van der Waals surface area contributed by atoms with Crippen LogP contribution in [0.15, 0.2) is 28.7 Å². The molecule has 2 rings (SSSR count). The van der Waals surface area contributed by atoms with Crippen LogP contribution in [0.4, 0.5) is 0 Å². The Labute approximate surface area is 104 Å². The molecule has 1 heterocycles. The second-order valence-electron chi connectivity index (χ2n) is 3.78. The molecule has 1 aliphatic rings. The Morgan fingerprint density at radius 3 is 2.75 bits per heavy atom. The third-order valence-corrected chi connectivity index (χ3v) is 3.30. The molecule has 4 heteroatoms. The standard InChI is InChI=1S/C12H14BrNO2/c1-2-14-7-11(16-8-12(14)15)9-3-5-10(13)6-4-9/h3-6,11H,2,7-8H2,1H3/t11-/m0/s1. The van der Waals surface area contributed by atoms with E-state index in [1.54, 1.807) is 0 Å². The van der Waals surface area contributed by atoms with E-state index in [1.165, 1.54) is 0 Å². The lowest BCUT2D eigenvalue weighted by Gasteiger charge is -2.32. The summed E-state index contributed by atoms with van der Waals surface area (Å²) in [5, 5.41) is 0. The van der Waals surface area contributed by atoms with Gasteiger partial charge in [-0.1, -0.05) is 28.1 Å². The molecule has 1 aromatic rings. The van der Waals surface area contributed by atoms with E-state index in [0.29, 0.717) is 6.54 Å². The van der Waals surface area contributed by atoms with Crippen LogP contribution in [0.1, 0.15) is 18.6 Å². The van der Waals surface area contributed by atoms with Crippen molar-refractivity contribution in [3.8, 4) is 0 Å². The van der Waals surface area contributed by atoms with Gasteiger partial charge in [-0.2, -0.15) is 0 Å². The fraction of sp³-hybridized carbons (Fsp3) is 0.417. The first-order valence-electron chi connectivity index (χ1n) is 5.35. The number of ether oxygens (including phenoxy) is 1. The lowest BCUT2D eigenvalue weighted by Crippen LogP contribution is -2.42. The average Bonchev–Trinajstić information content (AvgIpc) is 2.31. The van der Waals surface area contributed by atoms with Gasteiger partial charge in [-0.15, -0.1) is 0 Å². The molecule has 1 amide bonds. The highest BCUT2D eigenvalue weighted by atomic mass is 79.9. The maximum atomic E-state index is 11.4. The molecule has 86 valence electrons. The number of carbonyl (C=O) groups is 1. The summed E-state index contributed by atoms with van der Waals surface area (Å²) >= 11 is 3.40. The topological polar surface area (TPSA) is 29.5 Å². The van der Waals surface area contributed by atoms with E-state index >= 15 is 0 Å². The zero-order valence-corrected chi connectivity index (χ0v) is 10.7. The van der Waals surface area contributed by atoms with Gasteiger partial charge >= 0.3 is 0 Å². The van der Waals surface area contributed by atoms with Crippen molar-refractivity contribution in [2.24, 2.45) is 0 Å². The maximum Gasteiger partial charge on any atom is 0.248 e. The summed E-state index contributed by atoms with van der Waals surface area (Å²) in [5.74, 6) is 0.0795. The molecule has 1 aliphatic heterocycles. The molecular formula is C12H14BrNO2. The van der Waals surface area contributed by atoms with E-state index in [2.05, 4.69) is 15.9 Å². The summed E-state index contributed by atoms with van der Waals surface area (Å²) in [7, 11) is 0. The van der Waals surface area contributed by atoms with Gasteiger partial charge < -0.3 is 9.64 Å². The molecule has 3 nitrogen and oxygen atoms in total. The summed E-state index contributed by atoms with van der Waals surface area (Å²) in [4.78, 5) is 13.3. The molecule has 0 saturated carbocycles. The fourth-order valence-electron chi connectivity index (χ4n) is 1.80. The van der Waals surface area contributed by atoms with Crippen LogP contribution < -0.4 is 0 Å². The summed E-state index contributed by atoms with van der Waals surface area (Å²) < 4.78 is 6.59. The zero-order valence-electron chi connectivity index (χ0n) is 9.15. The molecule has 0 N–H and O–H groups in total. The van der Waals surface area contributed by atoms with Crippen LogP contribution >= 0.6 is 15.9 Å². The smallest absolute Gasteiger partial charge is 0.248 e. The second-order valence-corrected chi connectivity index (χ2v) is 4.70. The van der Waals surface area contributed by atoms with E-state index in [1.807, 2.05) is 36.1 Å². The van der Waals surface area contributed by atoms with Crippen molar-refractivity contribution in [1.82, 2.24) is 4.90 Å². The number of carbonyl (C=O) groups excluding carboxylic acids is 1. The van der Waals surface area contributed by atoms with Crippen LogP contribution in [0, 0.1) is 0 Å². The van der Waals surface area contributed by atoms with Crippen molar-refractivity contribution in [2.75, 3.05) is 19.7 Å². The van der Waals surface area contributed by atoms with Crippen molar-refractivity contribution < 1.29 is 9.53 Å². The Morgan fingerprint density at radius 1 is 1.44 bits per heavy atom. The van der Waals surface area contributed by atoms with Crippen LogP contribution in [0.5, 0.6) is 0 Å². The number of amides is 1. The Morgan fingerprint density at radius 2 is 2.12 bits per heavy atom. The Bertz CT molecular complexity index is 377. The number of morpholine rings is 1. The molecule has 1 atom stereocenters. The highest BCUT2D eigenvalue weighted by Gasteiger charge is 2.25. The maximum absolute atomic E-state index is 11.4. The van der Waals surface area contributed by atoms with Crippen molar-refractivity contribution in [2.45, 2.75) is 13.0 Å². The van der Waals surface area contributed by atoms with Gasteiger partial charge in [-0.3, -0.25) is 4.79 Å². The molecule has 1 fully saturated rings. The van der Waals surface area contributed by atoms with Gasteiger partial charge in [-0.25, -0.2) is 0 Å². The first-order chi connectivity index (χ1) is 7.70. The lowest BCUT2D eigenvalue weighted by atomic mass is 10.1. The third-order valence-electron chi connectivity index (χ3n) is 2.77. The molecule has 0 aliphatic carbocycles. The minimum atomic E-state index is 0.00532. The number of nitrogens with zero attached hydrogens (tertiary/aromatic N) is 1. The van der Waals surface area contributed by atoms with Crippen LogP contribution in [-0.2, 0) is 9.53 Å². The zero-order chi connectivity index (χ0) is 11.5. The third kappa shape index (κ3) is 2.44. The van der Waals surface area contributed by atoms with Gasteiger partial charge in [-0.05, 0) is 24.6 Å². The van der Waals surface area contributed by atoms with E-state index in [4.69, 9.17) is 4.74 Å². The molecule has 1 aromatic carbocycles. The summed E-state index contributed by atoms with van der Waals surface area (Å²) in [6.07, 6.45) is 0.00532. The molecule has 0 radical (unpaired) electrons. The predicted molar refractivity (Wildman–Crippen MR) is 65.1 cm³/mol. The molecule has 0 aromatic heterocycles. The van der Waals surface area contributed by atoms with Crippen LogP contribution in [0.25, 0.3) is 0 Å². The lowest BCUT2D eigenvalue weighted by molar-refractivity contribution is -0.148. The average molecular weight is 284 g/mol. The van der Waals surface area contributed by atoms with E-state index in [-0.39, 0.29) is 18.6 Å². The monoisotopic (exact) mass is 283 g/mol. The first-order valence-corrected chi connectivity index (χ1v) is 6.15. The van der Waals surface area contributed by atoms with E-state index < -0.39 is 0 Å². The van der Waals surface area contributed by atoms with Crippen LogP contribution in [-0.4, -0.2) is 30.5 Å². The Kier molecular flexibility index (Phi) is 3.61. The SMILES string of the molecule is CCN1C[C@@H](c2ccc(Br)cc2)OCC1=O. The predicted octanol–water partition coefficient (Wildman–Crippen LogP) is 2.37. The Hall–Kier alpha value is -0.870. The highest BCUT2D eigenvalue weighted by Crippen LogP contribution is 2.23. The van der Waals surface area contributed by atoms with E-state index in [0.717, 1.165) is 16.6 Å². The van der Waals surface area contributed by atoms with Crippen molar-refractivity contribution >= 4 is 21.8 Å². The molecular weight excluding hydrogens is 270 g/mol. The highest BCUT2D eigenvalue weighted by molar-refractivity contribution is 9.10. The largest absolute Gasteiger partial charge is 0.362 e. The first kappa shape index (κ1) is 11.6. The van der Waals surface area contributed by atoms with Crippen LogP contribution in [0.3, 0.4) is 0 Å². The summed E-state index contributed by atoms with van der Waals surface area (Å²) in [6.45, 7) is 3.57. The Balaban J connectivity index is 2.11. The molecule has 16 heavy (non-hydrogen) atoms. The summed E-state index contributed by atoms with van der Waals surface area (Å²) in [6, 6.07) is 8.04. The van der Waals surface area contributed by atoms with Gasteiger partial charge in [0.25, 0.3) is 0 Å². The molecule has 1 saturated heterocycles. The van der Waals surface area contributed by atoms with Crippen molar-refractivity contribution in [3.05, 3.63) is 34.3 Å². The van der Waals surface area contributed by atoms with Gasteiger partial charge in [0, 0.05) is 11.0 Å². The number of rotatable bonds is 2. The van der Waals surface area contributed by atoms with Gasteiger partial charge in [0.1, 0.15) is 12.7 Å². The number of halogens is 1. The minimum Gasteiger partial charge on any atom is -0.362 e. The minimum absolute atomic E-state index is 0.00532. The number of hydrogen-bond donors (Lipinski definition) is 0. The molecule has 0 spiro atoms. The quantitative estimate of drug-likeness (QED) is 0.834. The number of likely N-dealkylation sites (N-methyl/N-ethyl adjacent to an activating group) is 1. The van der Waals surface area contributed by atoms with Gasteiger partial charge in [0.2, 0.25) is 5.91 Å². The van der Waals surface area contributed by atoms with Gasteiger partial charge in [0.15, 0.2) is 0 Å². The normalized spacial score (nSPS) is 21.2. The second kappa shape index (κ2) is 4.97. The summed E-state index contributed by atoms with van der Waals surface area (Å²) in [5.41, 5.74) is 1.12. The number of benzene rings is 1. The van der Waals surface area contributed by atoms with E-state index in [9.17, 15) is 4.79 Å². The van der Waals surface area contributed by atoms with Crippen molar-refractivity contribution in [3.63, 3.8) is 0 Å². The molecule has 0 unspecified atom stereocenters. The van der Waals surface area contributed by atoms with Crippen LogP contribution in [0.2, 0.25) is 0 Å². The fourth-order valence-corrected chi connectivity index (χ4v) is 2.07.